The summed E-state index contributed by atoms with van der Waals surface area (Å²) in [5.74, 6) is -1.26. The molecule has 1 amide bonds. The second-order valence-electron chi connectivity index (χ2n) is 10.9. The highest BCUT2D eigenvalue weighted by Gasteiger charge is 2.22. The normalized spacial score (nSPS) is 12.0. The number of hydrogen-bond donors (Lipinski definition) is 1. The van der Waals surface area contributed by atoms with Gasteiger partial charge in [-0.25, -0.2) is 4.39 Å². The van der Waals surface area contributed by atoms with Crippen LogP contribution in [-0.4, -0.2) is 56.9 Å². The van der Waals surface area contributed by atoms with Gasteiger partial charge in [-0.3, -0.25) is 9.59 Å². The van der Waals surface area contributed by atoms with Gasteiger partial charge in [0.15, 0.2) is 5.78 Å². The summed E-state index contributed by atoms with van der Waals surface area (Å²) < 4.78 is 16.9. The Labute approximate surface area is 266 Å². The largest absolute Gasteiger partial charge is 0.342 e. The Morgan fingerprint density at radius 2 is 1.76 bits per heavy atom. The molecule has 1 N–H and O–H groups in total. The number of nitrogens with one attached hydrogen (secondary N) is 1. The number of carbonyl (C=O) groups is 2. The molecule has 0 spiro atoms. The molecule has 10 heteroatoms. The lowest BCUT2D eigenvalue weighted by Crippen LogP contribution is -2.42. The van der Waals surface area contributed by atoms with Crippen LogP contribution in [0.15, 0.2) is 103 Å². The van der Waals surface area contributed by atoms with Crippen LogP contribution in [0.2, 0.25) is 5.02 Å². The molecule has 0 saturated carbocycles. The van der Waals surface area contributed by atoms with Crippen LogP contribution >= 0.6 is 11.6 Å². The fourth-order valence-corrected chi connectivity index (χ4v) is 5.25. The molecule has 0 saturated heterocycles. The highest BCUT2D eigenvalue weighted by atomic mass is 35.5. The van der Waals surface area contributed by atoms with Crippen molar-refractivity contribution in [2.24, 2.45) is 0 Å². The number of halogens is 2. The number of aromatic nitrogens is 4. The van der Waals surface area contributed by atoms with Gasteiger partial charge in [0.1, 0.15) is 12.1 Å². The molecule has 1 aromatic heterocycles. The summed E-state index contributed by atoms with van der Waals surface area (Å²) in [6.45, 7) is 0.712. The number of hydrogen-bond acceptors (Lipinski definition) is 6. The molecule has 45 heavy (non-hydrogen) atoms. The number of amides is 1. The maximum Gasteiger partial charge on any atom is 0.244 e. The zero-order valence-corrected chi connectivity index (χ0v) is 25.7. The first kappa shape index (κ1) is 31.4. The van der Waals surface area contributed by atoms with E-state index in [9.17, 15) is 9.59 Å². The van der Waals surface area contributed by atoms with Gasteiger partial charge in [0.05, 0.1) is 11.7 Å². The zero-order chi connectivity index (χ0) is 31.8. The average Bonchev–Trinajstić information content (AvgIpc) is 3.56. The quantitative estimate of drug-likeness (QED) is 0.179. The maximum atomic E-state index is 15.5. The van der Waals surface area contributed by atoms with E-state index in [1.165, 1.54) is 23.2 Å². The van der Waals surface area contributed by atoms with Crippen LogP contribution in [-0.2, 0) is 29.0 Å². The summed E-state index contributed by atoms with van der Waals surface area (Å²) in [5, 5.41) is 14.5. The number of ketones is 1. The third-order valence-electron chi connectivity index (χ3n) is 7.22. The van der Waals surface area contributed by atoms with Gasteiger partial charge in [0.2, 0.25) is 5.91 Å². The molecule has 8 nitrogen and oxygen atoms in total. The van der Waals surface area contributed by atoms with Gasteiger partial charge in [-0.15, -0.1) is 5.10 Å². The molecule has 0 aliphatic rings. The first-order valence-corrected chi connectivity index (χ1v) is 14.7. The molecule has 5 rings (SSSR count). The lowest BCUT2D eigenvalue weighted by atomic mass is 9.94. The molecule has 0 fully saturated rings. The van der Waals surface area contributed by atoms with Crippen LogP contribution in [0.1, 0.15) is 22.3 Å². The van der Waals surface area contributed by atoms with E-state index in [0.29, 0.717) is 22.8 Å². The second-order valence-corrected chi connectivity index (χ2v) is 11.3. The summed E-state index contributed by atoms with van der Waals surface area (Å²) in [6.07, 6.45) is 4.41. The summed E-state index contributed by atoms with van der Waals surface area (Å²) >= 11 is 6.20. The van der Waals surface area contributed by atoms with E-state index in [-0.39, 0.29) is 24.2 Å². The van der Waals surface area contributed by atoms with Crippen LogP contribution in [0.5, 0.6) is 0 Å². The van der Waals surface area contributed by atoms with E-state index in [4.69, 9.17) is 11.6 Å². The summed E-state index contributed by atoms with van der Waals surface area (Å²) in [7, 11) is 3.97. The maximum absolute atomic E-state index is 15.5. The van der Waals surface area contributed by atoms with Gasteiger partial charge in [0, 0.05) is 29.6 Å². The van der Waals surface area contributed by atoms with E-state index < -0.39 is 17.8 Å². The van der Waals surface area contributed by atoms with Crippen molar-refractivity contribution in [3.05, 3.63) is 136 Å². The molecule has 0 radical (unpaired) electrons. The predicted molar refractivity (Wildman–Crippen MR) is 173 cm³/mol. The minimum atomic E-state index is -0.886. The fraction of sp³-hybridized carbons (Fsp3) is 0.171. The Hall–Kier alpha value is -4.99. The van der Waals surface area contributed by atoms with Gasteiger partial charge in [-0.1, -0.05) is 78.3 Å². The Morgan fingerprint density at radius 3 is 2.49 bits per heavy atom. The Balaban J connectivity index is 1.35. The van der Waals surface area contributed by atoms with E-state index in [1.54, 1.807) is 30.3 Å². The summed E-state index contributed by atoms with van der Waals surface area (Å²) in [6, 6.07) is 26.4. The third-order valence-corrected chi connectivity index (χ3v) is 7.46. The second kappa shape index (κ2) is 14.7. The standard InChI is InChI=1S/C35H32ClFN6O2/c1-42(2)22-28-10-6-7-11-30(28)25-12-13-26(31(37)20-25)21-34(44)32(18-24-8-4-3-5-9-24)39-35(45)17-14-27-19-29(36)15-16-33(27)43-23-38-40-41-43/h3-17,19-20,23,32H,18,21-22H2,1-2H3,(H,39,45)/b17-14+/t32-/m0/s1. The van der Waals surface area contributed by atoms with Crippen molar-refractivity contribution >= 4 is 29.4 Å². The minimum absolute atomic E-state index is 0.176. The van der Waals surface area contributed by atoms with E-state index in [1.807, 2.05) is 74.8 Å². The number of rotatable bonds is 12. The van der Waals surface area contributed by atoms with Crippen molar-refractivity contribution in [1.82, 2.24) is 30.4 Å². The van der Waals surface area contributed by atoms with Crippen molar-refractivity contribution in [3.8, 4) is 16.8 Å². The first-order chi connectivity index (χ1) is 21.8. The van der Waals surface area contributed by atoms with Gasteiger partial charge >= 0.3 is 0 Å². The summed E-state index contributed by atoms with van der Waals surface area (Å²) in [4.78, 5) is 28.8. The van der Waals surface area contributed by atoms with Crippen LogP contribution in [0, 0.1) is 5.82 Å². The van der Waals surface area contributed by atoms with Crippen LogP contribution in [0.4, 0.5) is 4.39 Å². The van der Waals surface area contributed by atoms with E-state index >= 15 is 4.39 Å². The monoisotopic (exact) mass is 622 g/mol. The van der Waals surface area contributed by atoms with Gasteiger partial charge < -0.3 is 10.2 Å². The van der Waals surface area contributed by atoms with Crippen molar-refractivity contribution in [3.63, 3.8) is 0 Å². The molecule has 5 aromatic rings. The lowest BCUT2D eigenvalue weighted by Gasteiger charge is -2.18. The number of tetrazole rings is 1. The highest BCUT2D eigenvalue weighted by molar-refractivity contribution is 6.30. The molecule has 1 heterocycles. The molecule has 1 atom stereocenters. The first-order valence-electron chi connectivity index (χ1n) is 14.4. The molecule has 0 aliphatic carbocycles. The Morgan fingerprint density at radius 1 is 0.978 bits per heavy atom. The van der Waals surface area contributed by atoms with E-state index in [0.717, 1.165) is 22.3 Å². The molecule has 0 aliphatic heterocycles. The topological polar surface area (TPSA) is 93.0 Å². The van der Waals surface area contributed by atoms with Crippen molar-refractivity contribution in [2.45, 2.75) is 25.4 Å². The van der Waals surface area contributed by atoms with E-state index in [2.05, 4.69) is 25.7 Å². The van der Waals surface area contributed by atoms with Crippen molar-refractivity contribution in [2.75, 3.05) is 14.1 Å². The third kappa shape index (κ3) is 8.35. The summed E-state index contributed by atoms with van der Waals surface area (Å²) in [5.41, 5.74) is 5.10. The molecule has 0 unspecified atom stereocenters. The number of Topliss-reactive ketones (excluding diaryl/α,β-unsaturated/α-hetero) is 1. The average molecular weight is 623 g/mol. The van der Waals surface area contributed by atoms with Crippen LogP contribution < -0.4 is 5.32 Å². The number of benzene rings is 4. The molecule has 4 aromatic carbocycles. The zero-order valence-electron chi connectivity index (χ0n) is 24.9. The number of nitrogens with zero attached hydrogens (tertiary/aromatic N) is 5. The van der Waals surface area contributed by atoms with Crippen LogP contribution in [0.25, 0.3) is 22.9 Å². The molecular weight excluding hydrogens is 591 g/mol. The fourth-order valence-electron chi connectivity index (χ4n) is 5.07. The highest BCUT2D eigenvalue weighted by Crippen LogP contribution is 2.27. The molecule has 228 valence electrons. The predicted octanol–water partition coefficient (Wildman–Crippen LogP) is 5.74. The SMILES string of the molecule is CN(C)Cc1ccccc1-c1ccc(CC(=O)[C@H](Cc2ccccc2)NC(=O)/C=C/c2cc(Cl)ccc2-n2cnnn2)c(F)c1. The molecular formula is C35H32ClFN6O2. The van der Waals surface area contributed by atoms with Gasteiger partial charge in [-0.2, -0.15) is 4.68 Å². The minimum Gasteiger partial charge on any atom is -0.342 e. The number of carbonyl (C=O) groups excluding carboxylic acids is 2. The smallest absolute Gasteiger partial charge is 0.244 e. The van der Waals surface area contributed by atoms with Crippen LogP contribution in [0.3, 0.4) is 0 Å². The van der Waals surface area contributed by atoms with Crippen molar-refractivity contribution < 1.29 is 14.0 Å². The Bertz CT molecular complexity index is 1810. The van der Waals surface area contributed by atoms with Gasteiger partial charge in [-0.05, 0) is 89.1 Å². The van der Waals surface area contributed by atoms with Crippen molar-refractivity contribution in [1.29, 1.82) is 0 Å². The molecule has 0 bridgehead atoms. The Kier molecular flexibility index (Phi) is 10.2. The lowest BCUT2D eigenvalue weighted by molar-refractivity contribution is -0.125. The van der Waals surface area contributed by atoms with Gasteiger partial charge in [0.25, 0.3) is 0 Å².